The fourth-order valence-electron chi connectivity index (χ4n) is 5.24. The number of amides is 1. The largest absolute Gasteiger partial charge is 0.493 e. The smallest absolute Gasteiger partial charge is 0.227 e. The van der Waals surface area contributed by atoms with E-state index in [0.29, 0.717) is 38.5 Å². The van der Waals surface area contributed by atoms with Crippen molar-refractivity contribution >= 4 is 22.6 Å². The Labute approximate surface area is 216 Å². The van der Waals surface area contributed by atoms with E-state index in [1.54, 1.807) is 0 Å². The Morgan fingerprint density at radius 3 is 2.68 bits per heavy atom. The van der Waals surface area contributed by atoms with Crippen molar-refractivity contribution in [1.82, 2.24) is 9.55 Å². The van der Waals surface area contributed by atoms with E-state index in [2.05, 4.69) is 23.6 Å². The number of imidazole rings is 1. The summed E-state index contributed by atoms with van der Waals surface area (Å²) >= 11 is 0. The number of nitrogens with zero attached hydrogens (tertiary/aromatic N) is 3. The highest BCUT2D eigenvalue weighted by Gasteiger charge is 2.35. The number of unbranched alkanes of at least 4 members (excludes halogenated alkanes) is 1. The fraction of sp³-hybridized carbons (Fsp3) is 0.333. The number of ether oxygens (including phenoxy) is 3. The Balaban J connectivity index is 1.17. The van der Waals surface area contributed by atoms with Crippen LogP contribution in [-0.4, -0.2) is 41.8 Å². The molecule has 2 aliphatic rings. The highest BCUT2D eigenvalue weighted by Crippen LogP contribution is 2.38. The number of benzene rings is 3. The predicted molar refractivity (Wildman–Crippen MR) is 143 cm³/mol. The first kappa shape index (κ1) is 23.4. The van der Waals surface area contributed by atoms with Gasteiger partial charge in [-0.25, -0.2) is 4.98 Å². The molecule has 0 radical (unpaired) electrons. The minimum atomic E-state index is 0.0244. The van der Waals surface area contributed by atoms with E-state index >= 15 is 0 Å². The lowest BCUT2D eigenvalue weighted by Gasteiger charge is -2.22. The number of aryl methyl sites for hydroxylation is 2. The lowest BCUT2D eigenvalue weighted by molar-refractivity contribution is -0.117. The van der Waals surface area contributed by atoms with Gasteiger partial charge in [0.25, 0.3) is 0 Å². The van der Waals surface area contributed by atoms with Gasteiger partial charge in [-0.05, 0) is 55.7 Å². The standard InChI is InChI=1S/C30H31N3O4/c1-21-8-2-5-11-26(21)35-15-7-6-14-32-25-10-4-3-9-24(25)31-30(32)22-18-29(34)33(20-22)23-12-13-27-28(19-23)37-17-16-36-27/h2-5,8-13,19,22H,6-7,14-18,20H2,1H3. The molecule has 1 atom stereocenters. The molecule has 2 aliphatic heterocycles. The highest BCUT2D eigenvalue weighted by molar-refractivity contribution is 5.97. The number of hydrogen-bond donors (Lipinski definition) is 0. The Bertz CT molecular complexity index is 1430. The molecule has 1 fully saturated rings. The normalized spacial score (nSPS) is 16.9. The van der Waals surface area contributed by atoms with Crippen LogP contribution < -0.4 is 19.1 Å². The van der Waals surface area contributed by atoms with E-state index in [1.165, 1.54) is 0 Å². The number of carbonyl (C=O) groups is 1. The van der Waals surface area contributed by atoms with E-state index in [9.17, 15) is 4.79 Å². The van der Waals surface area contributed by atoms with Crippen LogP contribution in [0.4, 0.5) is 5.69 Å². The third kappa shape index (κ3) is 4.73. The SMILES string of the molecule is Cc1ccccc1OCCCCn1c(C2CC(=O)N(c3ccc4c(c3)OCCO4)C2)nc2ccccc21. The lowest BCUT2D eigenvalue weighted by atomic mass is 10.1. The second-order valence-electron chi connectivity index (χ2n) is 9.66. The van der Waals surface area contributed by atoms with E-state index in [-0.39, 0.29) is 11.8 Å². The van der Waals surface area contributed by atoms with Crippen LogP contribution in [0.1, 0.15) is 36.6 Å². The van der Waals surface area contributed by atoms with Crippen LogP contribution in [0.2, 0.25) is 0 Å². The van der Waals surface area contributed by atoms with E-state index in [4.69, 9.17) is 19.2 Å². The Hall–Kier alpha value is -4.00. The van der Waals surface area contributed by atoms with Gasteiger partial charge >= 0.3 is 0 Å². The molecule has 7 heteroatoms. The molecule has 4 aromatic rings. The molecule has 1 amide bonds. The molecule has 0 spiro atoms. The van der Waals surface area contributed by atoms with Gasteiger partial charge in [0.15, 0.2) is 11.5 Å². The Kier molecular flexibility index (Phi) is 6.43. The van der Waals surface area contributed by atoms with Crippen molar-refractivity contribution in [3.05, 3.63) is 78.1 Å². The first-order valence-corrected chi connectivity index (χ1v) is 13.0. The quantitative estimate of drug-likeness (QED) is 0.301. The molecule has 0 bridgehead atoms. The number of anilines is 1. The zero-order valence-electron chi connectivity index (χ0n) is 21.1. The summed E-state index contributed by atoms with van der Waals surface area (Å²) < 4.78 is 19.7. The van der Waals surface area contributed by atoms with E-state index in [0.717, 1.165) is 59.0 Å². The van der Waals surface area contributed by atoms with Gasteiger partial charge in [0.1, 0.15) is 24.8 Å². The summed E-state index contributed by atoms with van der Waals surface area (Å²) in [5.74, 6) is 3.48. The van der Waals surface area contributed by atoms with E-state index < -0.39 is 0 Å². The van der Waals surface area contributed by atoms with Crippen molar-refractivity contribution in [2.75, 3.05) is 31.3 Å². The summed E-state index contributed by atoms with van der Waals surface area (Å²) in [6.07, 6.45) is 2.34. The molecule has 190 valence electrons. The van der Waals surface area contributed by atoms with Crippen LogP contribution >= 0.6 is 0 Å². The predicted octanol–water partition coefficient (Wildman–Crippen LogP) is 5.50. The van der Waals surface area contributed by atoms with Gasteiger partial charge in [0.2, 0.25) is 5.91 Å². The number of carbonyl (C=O) groups excluding carboxylic acids is 1. The van der Waals surface area contributed by atoms with Crippen LogP contribution in [0, 0.1) is 6.92 Å². The molecule has 6 rings (SSSR count). The Morgan fingerprint density at radius 2 is 1.78 bits per heavy atom. The summed E-state index contributed by atoms with van der Waals surface area (Å²) in [6.45, 7) is 5.24. The number of fused-ring (bicyclic) bond motifs is 2. The summed E-state index contributed by atoms with van der Waals surface area (Å²) in [6, 6.07) is 22.1. The third-order valence-electron chi connectivity index (χ3n) is 7.14. The minimum absolute atomic E-state index is 0.0244. The third-order valence-corrected chi connectivity index (χ3v) is 7.14. The molecule has 0 N–H and O–H groups in total. The zero-order chi connectivity index (χ0) is 25.2. The van der Waals surface area contributed by atoms with Gasteiger partial charge in [-0.15, -0.1) is 0 Å². The minimum Gasteiger partial charge on any atom is -0.493 e. The van der Waals surface area contributed by atoms with Crippen LogP contribution in [0.25, 0.3) is 11.0 Å². The topological polar surface area (TPSA) is 65.8 Å². The van der Waals surface area contributed by atoms with Gasteiger partial charge in [-0.3, -0.25) is 4.79 Å². The molecule has 0 saturated carbocycles. The van der Waals surface area contributed by atoms with Crippen molar-refractivity contribution in [2.45, 2.75) is 38.6 Å². The summed E-state index contributed by atoms with van der Waals surface area (Å²) in [5, 5.41) is 0. The molecule has 0 aliphatic carbocycles. The summed E-state index contributed by atoms with van der Waals surface area (Å²) in [4.78, 5) is 20.0. The molecule has 3 heterocycles. The second kappa shape index (κ2) is 10.2. The van der Waals surface area contributed by atoms with Crippen LogP contribution in [0.15, 0.2) is 66.7 Å². The van der Waals surface area contributed by atoms with Crippen molar-refractivity contribution < 1.29 is 19.0 Å². The van der Waals surface area contributed by atoms with Crippen molar-refractivity contribution in [3.8, 4) is 17.2 Å². The maximum atomic E-state index is 13.1. The van der Waals surface area contributed by atoms with Gasteiger partial charge in [-0.2, -0.15) is 0 Å². The zero-order valence-corrected chi connectivity index (χ0v) is 21.1. The first-order valence-electron chi connectivity index (χ1n) is 13.0. The number of aromatic nitrogens is 2. The van der Waals surface area contributed by atoms with Crippen molar-refractivity contribution in [2.24, 2.45) is 0 Å². The number of para-hydroxylation sites is 3. The monoisotopic (exact) mass is 497 g/mol. The molecule has 37 heavy (non-hydrogen) atoms. The second-order valence-corrected chi connectivity index (χ2v) is 9.66. The highest BCUT2D eigenvalue weighted by atomic mass is 16.6. The maximum Gasteiger partial charge on any atom is 0.227 e. The van der Waals surface area contributed by atoms with Gasteiger partial charge < -0.3 is 23.7 Å². The fourth-order valence-corrected chi connectivity index (χ4v) is 5.24. The van der Waals surface area contributed by atoms with Crippen LogP contribution in [0.3, 0.4) is 0 Å². The van der Waals surface area contributed by atoms with Gasteiger partial charge in [-0.1, -0.05) is 30.3 Å². The number of hydrogen-bond acceptors (Lipinski definition) is 5. The Morgan fingerprint density at radius 1 is 0.973 bits per heavy atom. The van der Waals surface area contributed by atoms with Crippen LogP contribution in [0.5, 0.6) is 17.2 Å². The molecule has 1 aromatic heterocycles. The van der Waals surface area contributed by atoms with E-state index in [1.807, 2.05) is 59.5 Å². The average molecular weight is 498 g/mol. The molecular weight excluding hydrogens is 466 g/mol. The molecule has 3 aromatic carbocycles. The molecular formula is C30H31N3O4. The first-order chi connectivity index (χ1) is 18.2. The molecule has 1 saturated heterocycles. The van der Waals surface area contributed by atoms with Gasteiger partial charge in [0.05, 0.1) is 17.6 Å². The summed E-state index contributed by atoms with van der Waals surface area (Å²) in [7, 11) is 0. The molecule has 7 nitrogen and oxygen atoms in total. The van der Waals surface area contributed by atoms with Crippen LogP contribution in [-0.2, 0) is 11.3 Å². The van der Waals surface area contributed by atoms with Crippen molar-refractivity contribution in [1.29, 1.82) is 0 Å². The average Bonchev–Trinajstić information content (AvgIpc) is 3.49. The number of rotatable bonds is 8. The summed E-state index contributed by atoms with van der Waals surface area (Å²) in [5.41, 5.74) is 4.08. The van der Waals surface area contributed by atoms with Gasteiger partial charge in [0, 0.05) is 37.2 Å². The van der Waals surface area contributed by atoms with Crippen molar-refractivity contribution in [3.63, 3.8) is 0 Å². The maximum absolute atomic E-state index is 13.1. The lowest BCUT2D eigenvalue weighted by Crippen LogP contribution is -2.25. The molecule has 1 unspecified atom stereocenters.